The van der Waals surface area contributed by atoms with Gasteiger partial charge >= 0.3 is 0 Å². The molecule has 2 aliphatic rings. The molecule has 0 spiro atoms. The monoisotopic (exact) mass is 380 g/mol. The zero-order valence-electron chi connectivity index (χ0n) is 15.7. The molecule has 0 aliphatic heterocycles. The Morgan fingerprint density at radius 3 is 2.62 bits per heavy atom. The van der Waals surface area contributed by atoms with E-state index in [9.17, 15) is 13.2 Å². The number of amides is 1. The summed E-state index contributed by atoms with van der Waals surface area (Å²) in [4.78, 5) is 12.6. The van der Waals surface area contributed by atoms with Crippen LogP contribution in [-0.4, -0.2) is 45.9 Å². The van der Waals surface area contributed by atoms with Crippen LogP contribution in [-0.2, 0) is 21.2 Å². The van der Waals surface area contributed by atoms with Crippen molar-refractivity contribution in [2.45, 2.75) is 49.5 Å². The maximum Gasteiger partial charge on any atom is 0.242 e. The van der Waals surface area contributed by atoms with Gasteiger partial charge in [0.15, 0.2) is 0 Å². The van der Waals surface area contributed by atoms with Crippen molar-refractivity contribution in [2.75, 3.05) is 21.2 Å². The Hall–Kier alpha value is -1.60. The number of hydrogen-bond donors (Lipinski definition) is 1. The van der Waals surface area contributed by atoms with Gasteiger partial charge in [0.1, 0.15) is 5.75 Å². The van der Waals surface area contributed by atoms with E-state index in [4.69, 9.17) is 4.74 Å². The lowest BCUT2D eigenvalue weighted by atomic mass is 9.95. The number of methoxy groups -OCH3 is 1. The topological polar surface area (TPSA) is 75.7 Å². The first-order chi connectivity index (χ1) is 12.3. The van der Waals surface area contributed by atoms with Crippen molar-refractivity contribution < 1.29 is 17.9 Å². The highest BCUT2D eigenvalue weighted by Gasteiger charge is 2.39. The summed E-state index contributed by atoms with van der Waals surface area (Å²) in [6.45, 7) is 0. The summed E-state index contributed by atoms with van der Waals surface area (Å²) in [6.07, 6.45) is 5.68. The number of aryl methyl sites for hydroxylation is 1. The van der Waals surface area contributed by atoms with Crippen molar-refractivity contribution in [2.24, 2.45) is 11.8 Å². The van der Waals surface area contributed by atoms with Gasteiger partial charge in [-0.2, -0.15) is 0 Å². The third kappa shape index (κ3) is 3.88. The molecule has 3 rings (SSSR count). The second kappa shape index (κ2) is 7.56. The van der Waals surface area contributed by atoms with Crippen LogP contribution in [0.25, 0.3) is 0 Å². The first-order valence-electron chi connectivity index (χ1n) is 9.20. The number of nitrogens with zero attached hydrogens (tertiary/aromatic N) is 1. The van der Waals surface area contributed by atoms with Crippen LogP contribution in [0.1, 0.15) is 37.7 Å². The molecule has 0 aromatic heterocycles. The first kappa shape index (κ1) is 19.2. The number of carbonyl (C=O) groups is 1. The minimum absolute atomic E-state index is 0.0328. The zero-order chi connectivity index (χ0) is 18.9. The lowest BCUT2D eigenvalue weighted by Crippen LogP contribution is -2.38. The lowest BCUT2D eigenvalue weighted by molar-refractivity contribution is -0.122. The number of sulfonamides is 1. The fraction of sp³-hybridized carbons (Fsp3) is 0.632. The van der Waals surface area contributed by atoms with E-state index in [1.54, 1.807) is 19.2 Å². The average Bonchev–Trinajstić information content (AvgIpc) is 3.22. The third-order valence-electron chi connectivity index (χ3n) is 5.74. The Bertz CT molecular complexity index is 776. The minimum atomic E-state index is -3.51. The molecular weight excluding hydrogens is 352 g/mol. The largest absolute Gasteiger partial charge is 0.496 e. The quantitative estimate of drug-likeness (QED) is 0.787. The third-order valence-corrected chi connectivity index (χ3v) is 7.55. The molecule has 1 N–H and O–H groups in total. The second-order valence-corrected chi connectivity index (χ2v) is 9.76. The summed E-state index contributed by atoms with van der Waals surface area (Å²) in [5.74, 6) is 2.08. The second-order valence-electron chi connectivity index (χ2n) is 7.61. The molecule has 2 fully saturated rings. The van der Waals surface area contributed by atoms with E-state index in [2.05, 4.69) is 5.32 Å². The van der Waals surface area contributed by atoms with Gasteiger partial charge in [0.05, 0.1) is 12.0 Å². The Balaban J connectivity index is 1.65. The Kier molecular flexibility index (Phi) is 5.58. The molecule has 3 atom stereocenters. The van der Waals surface area contributed by atoms with Crippen molar-refractivity contribution in [1.82, 2.24) is 9.62 Å². The van der Waals surface area contributed by atoms with Crippen molar-refractivity contribution in [1.29, 1.82) is 0 Å². The summed E-state index contributed by atoms with van der Waals surface area (Å²) < 4.78 is 31.2. The summed E-state index contributed by atoms with van der Waals surface area (Å²) in [5, 5.41) is 3.17. The standard InChI is InChI=1S/C19H28N2O4S/c1-21(2)26(23,24)16-7-8-18(25-3)15(12-16)6-9-19(22)20-17-11-13-4-5-14(17)10-13/h7-8,12-14,17H,4-6,9-11H2,1-3H3,(H,20,22)/t13-,14+,17-/m0/s1. The molecule has 1 aromatic rings. The molecule has 1 aromatic carbocycles. The van der Waals surface area contributed by atoms with E-state index < -0.39 is 10.0 Å². The summed E-state index contributed by atoms with van der Waals surface area (Å²) in [7, 11) is 1.04. The number of hydrogen-bond acceptors (Lipinski definition) is 4. The zero-order valence-corrected chi connectivity index (χ0v) is 16.5. The summed E-state index contributed by atoms with van der Waals surface area (Å²) in [5.41, 5.74) is 0.735. The summed E-state index contributed by atoms with van der Waals surface area (Å²) in [6, 6.07) is 5.12. The van der Waals surface area contributed by atoms with Gasteiger partial charge in [-0.25, -0.2) is 12.7 Å². The van der Waals surface area contributed by atoms with E-state index >= 15 is 0 Å². The van der Waals surface area contributed by atoms with Gasteiger partial charge in [-0.3, -0.25) is 4.79 Å². The molecule has 26 heavy (non-hydrogen) atoms. The fourth-order valence-electron chi connectivity index (χ4n) is 4.27. The SMILES string of the molecule is COc1ccc(S(=O)(=O)N(C)C)cc1CCC(=O)N[C@H]1C[C@H]2CC[C@@H]1C2. The predicted octanol–water partition coefficient (Wildman–Crippen LogP) is 2.18. The average molecular weight is 381 g/mol. The van der Waals surface area contributed by atoms with Crippen LogP contribution in [0.3, 0.4) is 0 Å². The molecule has 1 amide bonds. The summed E-state index contributed by atoms with van der Waals surface area (Å²) >= 11 is 0. The number of rotatable bonds is 7. The van der Waals surface area contributed by atoms with Gasteiger partial charge in [0, 0.05) is 26.6 Å². The molecule has 2 aliphatic carbocycles. The van der Waals surface area contributed by atoms with Crippen LogP contribution in [0.4, 0.5) is 0 Å². The van der Waals surface area contributed by atoms with Gasteiger partial charge in [-0.15, -0.1) is 0 Å². The van der Waals surface area contributed by atoms with Crippen molar-refractivity contribution in [3.05, 3.63) is 23.8 Å². The van der Waals surface area contributed by atoms with Crippen molar-refractivity contribution >= 4 is 15.9 Å². The van der Waals surface area contributed by atoms with Gasteiger partial charge in [-0.05, 0) is 61.3 Å². The van der Waals surface area contributed by atoms with Gasteiger partial charge in [-0.1, -0.05) is 6.42 Å². The highest BCUT2D eigenvalue weighted by molar-refractivity contribution is 7.89. The van der Waals surface area contributed by atoms with Crippen molar-refractivity contribution in [3.8, 4) is 5.75 Å². The van der Waals surface area contributed by atoms with E-state index in [1.807, 2.05) is 0 Å². The molecule has 2 bridgehead atoms. The molecule has 2 saturated carbocycles. The van der Waals surface area contributed by atoms with E-state index in [0.717, 1.165) is 17.9 Å². The van der Waals surface area contributed by atoms with Crippen LogP contribution in [0.2, 0.25) is 0 Å². The molecule has 0 heterocycles. The van der Waals surface area contributed by atoms with Crippen LogP contribution in [0.15, 0.2) is 23.1 Å². The number of benzene rings is 1. The highest BCUT2D eigenvalue weighted by Crippen LogP contribution is 2.44. The Morgan fingerprint density at radius 2 is 2.04 bits per heavy atom. The van der Waals surface area contributed by atoms with Crippen LogP contribution in [0.5, 0.6) is 5.75 Å². The normalized spacial score (nSPS) is 24.8. The van der Waals surface area contributed by atoms with Gasteiger partial charge < -0.3 is 10.1 Å². The van der Waals surface area contributed by atoms with Crippen molar-refractivity contribution in [3.63, 3.8) is 0 Å². The molecule has 0 unspecified atom stereocenters. The maximum atomic E-state index is 12.4. The molecule has 0 saturated heterocycles. The van der Waals surface area contributed by atoms with Crippen LogP contribution in [0, 0.1) is 11.8 Å². The number of carbonyl (C=O) groups excluding carboxylic acids is 1. The lowest BCUT2D eigenvalue weighted by Gasteiger charge is -2.23. The number of nitrogens with one attached hydrogen (secondary N) is 1. The maximum absolute atomic E-state index is 12.4. The molecule has 144 valence electrons. The number of ether oxygens (including phenoxy) is 1. The predicted molar refractivity (Wildman–Crippen MR) is 99.6 cm³/mol. The van der Waals surface area contributed by atoms with E-state index in [0.29, 0.717) is 30.6 Å². The number of fused-ring (bicyclic) bond motifs is 2. The van der Waals surface area contributed by atoms with Crippen LogP contribution >= 0.6 is 0 Å². The minimum Gasteiger partial charge on any atom is -0.496 e. The Labute approximate surface area is 156 Å². The van der Waals surface area contributed by atoms with Gasteiger partial charge in [0.25, 0.3) is 0 Å². The molecule has 7 heteroatoms. The molecule has 6 nitrogen and oxygen atoms in total. The highest BCUT2D eigenvalue weighted by atomic mass is 32.2. The first-order valence-corrected chi connectivity index (χ1v) is 10.6. The Morgan fingerprint density at radius 1 is 1.27 bits per heavy atom. The van der Waals surface area contributed by atoms with Crippen LogP contribution < -0.4 is 10.1 Å². The fourth-order valence-corrected chi connectivity index (χ4v) is 5.22. The molecular formula is C19H28N2O4S. The smallest absolute Gasteiger partial charge is 0.242 e. The van der Waals surface area contributed by atoms with Gasteiger partial charge in [0.2, 0.25) is 15.9 Å². The van der Waals surface area contributed by atoms with E-state index in [-0.39, 0.29) is 10.8 Å². The molecule has 0 radical (unpaired) electrons. The van der Waals surface area contributed by atoms with E-state index in [1.165, 1.54) is 43.7 Å².